The average molecular weight is 412 g/mol. The van der Waals surface area contributed by atoms with Crippen molar-refractivity contribution in [1.29, 1.82) is 0 Å². The van der Waals surface area contributed by atoms with Gasteiger partial charge in [0.15, 0.2) is 5.84 Å². The maximum atomic E-state index is 13.0. The van der Waals surface area contributed by atoms with Gasteiger partial charge in [-0.2, -0.15) is 4.31 Å². The van der Waals surface area contributed by atoms with Gasteiger partial charge >= 0.3 is 0 Å². The molecular weight excluding hydrogens is 392 g/mol. The first kappa shape index (κ1) is 20.8. The van der Waals surface area contributed by atoms with Gasteiger partial charge < -0.3 is 10.9 Å². The Morgan fingerprint density at radius 2 is 2.04 bits per heavy atom. The third-order valence-electron chi connectivity index (χ3n) is 3.78. The summed E-state index contributed by atoms with van der Waals surface area (Å²) in [6.07, 6.45) is 0.289. The zero-order chi connectivity index (χ0) is 19.9. The van der Waals surface area contributed by atoms with Gasteiger partial charge in [-0.05, 0) is 30.0 Å². The SMILES string of the molecule is NC(=NO)c1cccc(S(=O)(=O)N(CCC(=O)NO)CCc2cccs2)c1. The van der Waals surface area contributed by atoms with Crippen LogP contribution in [0.2, 0.25) is 0 Å². The summed E-state index contributed by atoms with van der Waals surface area (Å²) in [5.74, 6) is -0.895. The highest BCUT2D eigenvalue weighted by molar-refractivity contribution is 7.89. The third kappa shape index (κ3) is 5.50. The minimum absolute atomic E-state index is 0.0396. The second-order valence-electron chi connectivity index (χ2n) is 5.53. The first-order valence-corrected chi connectivity index (χ1v) is 10.2. The molecule has 0 spiro atoms. The molecule has 146 valence electrons. The number of thiophene rings is 1. The van der Waals surface area contributed by atoms with Gasteiger partial charge in [0.1, 0.15) is 0 Å². The summed E-state index contributed by atoms with van der Waals surface area (Å²) in [5.41, 5.74) is 7.28. The number of amidine groups is 1. The highest BCUT2D eigenvalue weighted by atomic mass is 32.2. The number of oxime groups is 1. The smallest absolute Gasteiger partial charge is 0.244 e. The van der Waals surface area contributed by atoms with Gasteiger partial charge in [0.25, 0.3) is 0 Å². The van der Waals surface area contributed by atoms with Crippen molar-refractivity contribution in [3.63, 3.8) is 0 Å². The molecule has 0 bridgehead atoms. The predicted molar refractivity (Wildman–Crippen MR) is 100 cm³/mol. The van der Waals surface area contributed by atoms with Crippen LogP contribution in [0.15, 0.2) is 51.8 Å². The van der Waals surface area contributed by atoms with E-state index >= 15 is 0 Å². The lowest BCUT2D eigenvalue weighted by atomic mass is 10.2. The van der Waals surface area contributed by atoms with Crippen LogP contribution in [-0.2, 0) is 21.2 Å². The Morgan fingerprint density at radius 1 is 1.26 bits per heavy atom. The zero-order valence-electron chi connectivity index (χ0n) is 14.3. The summed E-state index contributed by atoms with van der Waals surface area (Å²) < 4.78 is 27.3. The fourth-order valence-corrected chi connectivity index (χ4v) is 4.53. The molecule has 2 aromatic rings. The van der Waals surface area contributed by atoms with Crippen molar-refractivity contribution in [3.8, 4) is 0 Å². The number of benzene rings is 1. The van der Waals surface area contributed by atoms with E-state index in [0.29, 0.717) is 6.42 Å². The van der Waals surface area contributed by atoms with Crippen LogP contribution in [0.5, 0.6) is 0 Å². The number of sulfonamides is 1. The molecule has 0 atom stereocenters. The first-order chi connectivity index (χ1) is 12.9. The van der Waals surface area contributed by atoms with Crippen molar-refractivity contribution >= 4 is 33.1 Å². The number of hydrogen-bond acceptors (Lipinski definition) is 7. The average Bonchev–Trinajstić information content (AvgIpc) is 3.20. The van der Waals surface area contributed by atoms with E-state index in [1.807, 2.05) is 17.5 Å². The molecule has 0 aliphatic heterocycles. The maximum Gasteiger partial charge on any atom is 0.244 e. The van der Waals surface area contributed by atoms with Gasteiger partial charge in [-0.25, -0.2) is 13.9 Å². The maximum absolute atomic E-state index is 13.0. The molecule has 1 aromatic heterocycles. The number of nitrogens with two attached hydrogens (primary N) is 1. The van der Waals surface area contributed by atoms with Crippen LogP contribution in [0.3, 0.4) is 0 Å². The summed E-state index contributed by atoms with van der Waals surface area (Å²) in [6, 6.07) is 9.47. The summed E-state index contributed by atoms with van der Waals surface area (Å²) in [5, 5.41) is 22.2. The molecule has 1 heterocycles. The summed E-state index contributed by atoms with van der Waals surface area (Å²) in [4.78, 5) is 12.3. The fraction of sp³-hybridized carbons (Fsp3) is 0.250. The molecule has 5 N–H and O–H groups in total. The lowest BCUT2D eigenvalue weighted by molar-refractivity contribution is -0.129. The van der Waals surface area contributed by atoms with Crippen molar-refractivity contribution in [2.24, 2.45) is 10.9 Å². The van der Waals surface area contributed by atoms with Gasteiger partial charge in [0.2, 0.25) is 15.9 Å². The Labute approximate surface area is 160 Å². The lowest BCUT2D eigenvalue weighted by Gasteiger charge is -2.22. The van der Waals surface area contributed by atoms with Crippen LogP contribution in [0.4, 0.5) is 0 Å². The Balaban J connectivity index is 2.28. The van der Waals surface area contributed by atoms with E-state index < -0.39 is 15.9 Å². The van der Waals surface area contributed by atoms with Crippen LogP contribution in [0.25, 0.3) is 0 Å². The number of rotatable bonds is 9. The van der Waals surface area contributed by atoms with Crippen LogP contribution in [-0.4, -0.2) is 48.0 Å². The highest BCUT2D eigenvalue weighted by Gasteiger charge is 2.25. The number of nitrogens with zero attached hydrogens (tertiary/aromatic N) is 2. The summed E-state index contributed by atoms with van der Waals surface area (Å²) >= 11 is 1.51. The Hall–Kier alpha value is -2.47. The number of amides is 1. The summed E-state index contributed by atoms with van der Waals surface area (Å²) in [7, 11) is -3.94. The molecule has 1 amide bonds. The Kier molecular flexibility index (Phi) is 7.30. The van der Waals surface area contributed by atoms with Gasteiger partial charge in [-0.1, -0.05) is 23.4 Å². The predicted octanol–water partition coefficient (Wildman–Crippen LogP) is 0.972. The molecular formula is C16H20N4O5S2. The van der Waals surface area contributed by atoms with Crippen LogP contribution < -0.4 is 11.2 Å². The topological polar surface area (TPSA) is 145 Å². The molecule has 11 heteroatoms. The second kappa shape index (κ2) is 9.46. The number of nitrogens with one attached hydrogen (secondary N) is 1. The van der Waals surface area contributed by atoms with Gasteiger partial charge in [-0.3, -0.25) is 10.0 Å². The first-order valence-electron chi connectivity index (χ1n) is 7.92. The van der Waals surface area contributed by atoms with E-state index in [1.54, 1.807) is 0 Å². The van der Waals surface area contributed by atoms with Gasteiger partial charge in [0, 0.05) is 30.0 Å². The number of carbonyl (C=O) groups is 1. The molecule has 0 unspecified atom stereocenters. The second-order valence-corrected chi connectivity index (χ2v) is 8.50. The standard InChI is InChI=1S/C16H20N4O5S2/c17-16(19-23)12-3-1-5-14(11-12)27(24,25)20(9-7-15(21)18-22)8-6-13-4-2-10-26-13/h1-5,10-11,22-23H,6-9H2,(H2,17,19)(H,18,21). The molecule has 0 aliphatic carbocycles. The van der Waals surface area contributed by atoms with Crippen LogP contribution >= 0.6 is 11.3 Å². The molecule has 2 rings (SSSR count). The molecule has 0 saturated heterocycles. The fourth-order valence-electron chi connectivity index (χ4n) is 2.35. The number of carbonyl (C=O) groups excluding carboxylic acids is 1. The van der Waals surface area contributed by atoms with E-state index in [2.05, 4.69) is 5.16 Å². The number of hydrogen-bond donors (Lipinski definition) is 4. The van der Waals surface area contributed by atoms with Crippen molar-refractivity contribution in [2.75, 3.05) is 13.1 Å². The van der Waals surface area contributed by atoms with Crippen molar-refractivity contribution < 1.29 is 23.6 Å². The van der Waals surface area contributed by atoms with Gasteiger partial charge in [0.05, 0.1) is 4.90 Å². The third-order valence-corrected chi connectivity index (χ3v) is 6.61. The zero-order valence-corrected chi connectivity index (χ0v) is 15.9. The molecule has 0 saturated carbocycles. The largest absolute Gasteiger partial charge is 0.409 e. The van der Waals surface area contributed by atoms with Crippen molar-refractivity contribution in [2.45, 2.75) is 17.7 Å². The quantitative estimate of drug-likeness (QED) is 0.159. The monoisotopic (exact) mass is 412 g/mol. The van der Waals surface area contributed by atoms with Crippen LogP contribution in [0, 0.1) is 0 Å². The van der Waals surface area contributed by atoms with Gasteiger partial charge in [-0.15, -0.1) is 11.3 Å². The minimum Gasteiger partial charge on any atom is -0.409 e. The van der Waals surface area contributed by atoms with Crippen molar-refractivity contribution in [1.82, 2.24) is 9.79 Å². The molecule has 1 aromatic carbocycles. The molecule has 9 nitrogen and oxygen atoms in total. The summed E-state index contributed by atoms with van der Waals surface area (Å²) in [6.45, 7) is 0.0588. The minimum atomic E-state index is -3.94. The Morgan fingerprint density at radius 3 is 2.67 bits per heavy atom. The molecule has 27 heavy (non-hydrogen) atoms. The van der Waals surface area contributed by atoms with Crippen LogP contribution in [0.1, 0.15) is 16.9 Å². The molecule has 0 radical (unpaired) electrons. The lowest BCUT2D eigenvalue weighted by Crippen LogP contribution is -2.36. The normalized spacial score (nSPS) is 12.3. The van der Waals surface area contributed by atoms with Crippen molar-refractivity contribution in [3.05, 3.63) is 52.2 Å². The molecule has 0 aliphatic rings. The molecule has 0 fully saturated rings. The van der Waals surface area contributed by atoms with E-state index in [-0.39, 0.29) is 35.8 Å². The Bertz CT molecular complexity index is 897. The number of hydroxylamine groups is 1. The highest BCUT2D eigenvalue weighted by Crippen LogP contribution is 2.19. The van der Waals surface area contributed by atoms with E-state index in [4.69, 9.17) is 16.1 Å². The van der Waals surface area contributed by atoms with E-state index in [0.717, 1.165) is 4.88 Å². The van der Waals surface area contributed by atoms with E-state index in [9.17, 15) is 13.2 Å². The van der Waals surface area contributed by atoms with E-state index in [1.165, 1.54) is 45.4 Å².